The molecule has 0 aliphatic carbocycles. The molecule has 8 nitrogen and oxygen atoms in total. The van der Waals surface area contributed by atoms with Crippen molar-refractivity contribution < 1.29 is 23.8 Å². The standard InChI is InChI=1S/C33H37N3O5/c1-3-5-6-7-8-19-40-28-15-13-24(14-16-28)26-21-34-31(35-22-26)25-11-9-23(10-12-25)20-29(33(38)39)36-32(37)30-18-17-27(4-2)41-30/h9-18,21-22,29H,3-8,19-20H2,1-2H3,(H,36,37)(H,38,39)/t29-/m0/s1. The molecule has 0 fully saturated rings. The summed E-state index contributed by atoms with van der Waals surface area (Å²) in [5.41, 5.74) is 3.47. The van der Waals surface area contributed by atoms with Crippen molar-refractivity contribution in [1.82, 2.24) is 15.3 Å². The molecule has 0 bridgehead atoms. The molecule has 0 saturated heterocycles. The molecule has 0 aliphatic rings. The van der Waals surface area contributed by atoms with Gasteiger partial charge in [0.1, 0.15) is 17.6 Å². The van der Waals surface area contributed by atoms with Crippen LogP contribution in [0.3, 0.4) is 0 Å². The van der Waals surface area contributed by atoms with Gasteiger partial charge in [-0.05, 0) is 41.8 Å². The van der Waals surface area contributed by atoms with Crippen molar-refractivity contribution in [2.24, 2.45) is 0 Å². The van der Waals surface area contributed by atoms with Crippen molar-refractivity contribution in [3.63, 3.8) is 0 Å². The van der Waals surface area contributed by atoms with Crippen molar-refractivity contribution in [2.45, 2.75) is 64.8 Å². The van der Waals surface area contributed by atoms with Crippen LogP contribution in [-0.4, -0.2) is 39.6 Å². The summed E-state index contributed by atoms with van der Waals surface area (Å²) < 4.78 is 11.3. The molecule has 8 heteroatoms. The van der Waals surface area contributed by atoms with Crippen molar-refractivity contribution in [3.05, 3.63) is 90.1 Å². The lowest BCUT2D eigenvalue weighted by Gasteiger charge is -2.14. The number of aryl methyl sites for hydroxylation is 1. The maximum absolute atomic E-state index is 12.5. The molecule has 41 heavy (non-hydrogen) atoms. The Hall–Kier alpha value is -4.46. The monoisotopic (exact) mass is 555 g/mol. The number of unbranched alkanes of at least 4 members (excludes halogenated alkanes) is 4. The second-order valence-electron chi connectivity index (χ2n) is 9.97. The number of furan rings is 1. The second kappa shape index (κ2) is 14.8. The van der Waals surface area contributed by atoms with E-state index < -0.39 is 17.9 Å². The van der Waals surface area contributed by atoms with Crippen molar-refractivity contribution in [1.29, 1.82) is 0 Å². The Labute approximate surface area is 240 Å². The Morgan fingerprint density at radius 1 is 0.854 bits per heavy atom. The molecular weight excluding hydrogens is 518 g/mol. The lowest BCUT2D eigenvalue weighted by molar-refractivity contribution is -0.139. The fourth-order valence-electron chi connectivity index (χ4n) is 4.41. The minimum absolute atomic E-state index is 0.0986. The first-order chi connectivity index (χ1) is 20.0. The molecule has 0 aliphatic heterocycles. The van der Waals surface area contributed by atoms with Crippen molar-refractivity contribution >= 4 is 11.9 Å². The predicted octanol–water partition coefficient (Wildman–Crippen LogP) is 6.74. The zero-order valence-electron chi connectivity index (χ0n) is 23.6. The summed E-state index contributed by atoms with van der Waals surface area (Å²) in [6, 6.07) is 17.4. The molecule has 2 aromatic heterocycles. The van der Waals surface area contributed by atoms with Gasteiger partial charge in [-0.2, -0.15) is 0 Å². The summed E-state index contributed by atoms with van der Waals surface area (Å²) in [6.07, 6.45) is 10.4. The summed E-state index contributed by atoms with van der Waals surface area (Å²) in [4.78, 5) is 33.3. The number of carbonyl (C=O) groups excluding carboxylic acids is 1. The maximum atomic E-state index is 12.5. The van der Waals surface area contributed by atoms with Gasteiger partial charge in [0.15, 0.2) is 11.6 Å². The molecule has 0 radical (unpaired) electrons. The Bertz CT molecular complexity index is 1400. The second-order valence-corrected chi connectivity index (χ2v) is 9.97. The van der Waals surface area contributed by atoms with Gasteiger partial charge in [-0.15, -0.1) is 0 Å². The van der Waals surface area contributed by atoms with Crippen LogP contribution in [0.2, 0.25) is 0 Å². The number of aromatic nitrogens is 2. The molecule has 214 valence electrons. The summed E-state index contributed by atoms with van der Waals surface area (Å²) in [5, 5.41) is 12.2. The Kier molecular flexibility index (Phi) is 10.7. The van der Waals surface area contributed by atoms with Gasteiger partial charge in [0.05, 0.1) is 6.61 Å². The van der Waals surface area contributed by atoms with Crippen LogP contribution in [0, 0.1) is 0 Å². The van der Waals surface area contributed by atoms with Crippen LogP contribution in [-0.2, 0) is 17.6 Å². The molecule has 0 unspecified atom stereocenters. The number of carboxylic acid groups (broad SMARTS) is 1. The molecule has 4 rings (SSSR count). The Balaban J connectivity index is 1.32. The van der Waals surface area contributed by atoms with Crippen LogP contribution >= 0.6 is 0 Å². The zero-order chi connectivity index (χ0) is 29.0. The average Bonchev–Trinajstić information content (AvgIpc) is 3.49. The lowest BCUT2D eigenvalue weighted by atomic mass is 10.0. The van der Waals surface area contributed by atoms with E-state index in [1.807, 2.05) is 55.5 Å². The SMILES string of the molecule is CCCCCCCOc1ccc(-c2cnc(-c3ccc(C[C@H](NC(=O)c4ccc(CC)o4)C(=O)O)cc3)nc2)cc1. The first-order valence-corrected chi connectivity index (χ1v) is 14.2. The molecule has 2 aromatic carbocycles. The zero-order valence-corrected chi connectivity index (χ0v) is 23.6. The van der Waals surface area contributed by atoms with E-state index in [-0.39, 0.29) is 12.2 Å². The number of hydrogen-bond donors (Lipinski definition) is 2. The van der Waals surface area contributed by atoms with E-state index in [4.69, 9.17) is 9.15 Å². The summed E-state index contributed by atoms with van der Waals surface area (Å²) in [7, 11) is 0. The molecule has 0 spiro atoms. The first kappa shape index (κ1) is 29.5. The van der Waals surface area contributed by atoms with E-state index in [1.54, 1.807) is 24.5 Å². The van der Waals surface area contributed by atoms with E-state index in [9.17, 15) is 14.7 Å². The van der Waals surface area contributed by atoms with Crippen LogP contribution in [0.4, 0.5) is 0 Å². The normalized spacial score (nSPS) is 11.7. The molecular formula is C33H37N3O5. The third kappa shape index (κ3) is 8.51. The van der Waals surface area contributed by atoms with Crippen LogP contribution in [0.15, 0.2) is 77.5 Å². The smallest absolute Gasteiger partial charge is 0.326 e. The quantitative estimate of drug-likeness (QED) is 0.156. The number of hydrogen-bond acceptors (Lipinski definition) is 6. The third-order valence-electron chi connectivity index (χ3n) is 6.85. The van der Waals surface area contributed by atoms with Gasteiger partial charge in [0, 0.05) is 36.4 Å². The Morgan fingerprint density at radius 2 is 1.54 bits per heavy atom. The summed E-state index contributed by atoms with van der Waals surface area (Å²) in [5.74, 6) is 0.516. The van der Waals surface area contributed by atoms with Gasteiger partial charge in [-0.1, -0.05) is 75.9 Å². The number of ether oxygens (including phenoxy) is 1. The largest absolute Gasteiger partial charge is 0.494 e. The molecule has 0 saturated carbocycles. The minimum Gasteiger partial charge on any atom is -0.494 e. The van der Waals surface area contributed by atoms with Gasteiger partial charge in [-0.3, -0.25) is 4.79 Å². The van der Waals surface area contributed by atoms with Crippen molar-refractivity contribution in [2.75, 3.05) is 6.61 Å². The van der Waals surface area contributed by atoms with E-state index in [0.717, 1.165) is 41.0 Å². The van der Waals surface area contributed by atoms with Crippen LogP contribution < -0.4 is 10.1 Å². The molecule has 4 aromatic rings. The fourth-order valence-corrected chi connectivity index (χ4v) is 4.41. The fraction of sp³-hybridized carbons (Fsp3) is 0.333. The highest BCUT2D eigenvalue weighted by Gasteiger charge is 2.23. The van der Waals surface area contributed by atoms with Crippen LogP contribution in [0.25, 0.3) is 22.5 Å². The Morgan fingerprint density at radius 3 is 2.17 bits per heavy atom. The summed E-state index contributed by atoms with van der Waals surface area (Å²) in [6.45, 7) is 4.86. The van der Waals surface area contributed by atoms with E-state index in [0.29, 0.717) is 18.0 Å². The number of aliphatic carboxylic acids is 1. The van der Waals surface area contributed by atoms with Gasteiger partial charge in [-0.25, -0.2) is 14.8 Å². The lowest BCUT2D eigenvalue weighted by Crippen LogP contribution is -2.42. The highest BCUT2D eigenvalue weighted by Crippen LogP contribution is 2.24. The van der Waals surface area contributed by atoms with E-state index in [1.165, 1.54) is 25.7 Å². The van der Waals surface area contributed by atoms with E-state index >= 15 is 0 Å². The topological polar surface area (TPSA) is 115 Å². The highest BCUT2D eigenvalue weighted by atomic mass is 16.5. The molecule has 1 amide bonds. The minimum atomic E-state index is -1.12. The molecule has 2 N–H and O–H groups in total. The molecule has 2 heterocycles. The number of nitrogens with zero attached hydrogens (tertiary/aromatic N) is 2. The molecule has 1 atom stereocenters. The number of carboxylic acids is 1. The average molecular weight is 556 g/mol. The van der Waals surface area contributed by atoms with Crippen LogP contribution in [0.1, 0.15) is 67.8 Å². The maximum Gasteiger partial charge on any atom is 0.326 e. The van der Waals surface area contributed by atoms with Gasteiger partial charge < -0.3 is 19.6 Å². The van der Waals surface area contributed by atoms with E-state index in [2.05, 4.69) is 22.2 Å². The number of amides is 1. The predicted molar refractivity (Wildman–Crippen MR) is 158 cm³/mol. The summed E-state index contributed by atoms with van der Waals surface area (Å²) >= 11 is 0. The third-order valence-corrected chi connectivity index (χ3v) is 6.85. The van der Waals surface area contributed by atoms with Crippen molar-refractivity contribution in [3.8, 4) is 28.3 Å². The number of benzene rings is 2. The van der Waals surface area contributed by atoms with Gasteiger partial charge in [0.25, 0.3) is 5.91 Å². The van der Waals surface area contributed by atoms with Gasteiger partial charge >= 0.3 is 5.97 Å². The van der Waals surface area contributed by atoms with Crippen LogP contribution in [0.5, 0.6) is 5.75 Å². The number of rotatable bonds is 15. The first-order valence-electron chi connectivity index (χ1n) is 14.2. The number of nitrogens with one attached hydrogen (secondary N) is 1. The van der Waals surface area contributed by atoms with Gasteiger partial charge in [0.2, 0.25) is 0 Å². The number of carbonyl (C=O) groups is 2. The highest BCUT2D eigenvalue weighted by molar-refractivity contribution is 5.94.